The summed E-state index contributed by atoms with van der Waals surface area (Å²) in [6.45, 7) is 8.41. The number of hydrogen-bond donors (Lipinski definition) is 1. The first kappa shape index (κ1) is 13.8. The highest BCUT2D eigenvalue weighted by atomic mass is 16.5. The molecule has 0 radical (unpaired) electrons. The highest BCUT2D eigenvalue weighted by Gasteiger charge is 2.07. The molecular weight excluding hydrogens is 214 g/mol. The molecule has 0 aliphatic heterocycles. The van der Waals surface area contributed by atoms with E-state index >= 15 is 0 Å². The van der Waals surface area contributed by atoms with E-state index in [1.54, 1.807) is 0 Å². The molecule has 0 saturated heterocycles. The summed E-state index contributed by atoms with van der Waals surface area (Å²) in [6, 6.07) is 4.12. The minimum absolute atomic E-state index is 0.278. The van der Waals surface area contributed by atoms with Crippen LogP contribution in [0.1, 0.15) is 30.8 Å². The fraction of sp³-hybridized carbons (Fsp3) is 0.615. The Morgan fingerprint density at radius 1 is 1.53 bits per heavy atom. The fourth-order valence-corrected chi connectivity index (χ4v) is 1.64. The van der Waals surface area contributed by atoms with Crippen molar-refractivity contribution in [1.29, 1.82) is 5.26 Å². The maximum absolute atomic E-state index is 8.92. The van der Waals surface area contributed by atoms with Crippen LogP contribution in [0.5, 0.6) is 0 Å². The minimum Gasteiger partial charge on any atom is -0.377 e. The minimum atomic E-state index is 0.278. The zero-order valence-corrected chi connectivity index (χ0v) is 11.1. The van der Waals surface area contributed by atoms with E-state index in [2.05, 4.69) is 11.4 Å². The third-order valence-electron chi connectivity index (χ3n) is 2.80. The van der Waals surface area contributed by atoms with Crippen LogP contribution in [0, 0.1) is 18.3 Å². The van der Waals surface area contributed by atoms with Gasteiger partial charge in [-0.1, -0.05) is 0 Å². The number of hydrogen-bond acceptors (Lipinski definition) is 3. The number of rotatable bonds is 6. The van der Waals surface area contributed by atoms with E-state index in [-0.39, 0.29) is 6.10 Å². The first-order valence-electron chi connectivity index (χ1n) is 5.94. The molecule has 0 fully saturated rings. The molecule has 4 nitrogen and oxygen atoms in total. The first-order chi connectivity index (χ1) is 8.06. The summed E-state index contributed by atoms with van der Waals surface area (Å²) < 4.78 is 7.36. The van der Waals surface area contributed by atoms with Crippen molar-refractivity contribution in [3.8, 4) is 6.07 Å². The molecule has 0 bridgehead atoms. The molecule has 0 aliphatic rings. The maximum Gasteiger partial charge on any atom is 0.120 e. The number of nitrogens with one attached hydrogen (secondary N) is 1. The van der Waals surface area contributed by atoms with Crippen molar-refractivity contribution in [3.05, 3.63) is 23.0 Å². The van der Waals surface area contributed by atoms with Crippen LogP contribution in [0.3, 0.4) is 0 Å². The molecule has 0 unspecified atom stereocenters. The van der Waals surface area contributed by atoms with Crippen LogP contribution in [0.15, 0.2) is 6.07 Å². The highest BCUT2D eigenvalue weighted by molar-refractivity contribution is 5.33. The molecule has 0 amide bonds. The largest absolute Gasteiger partial charge is 0.377 e. The predicted octanol–water partition coefficient (Wildman–Crippen LogP) is 1.72. The predicted molar refractivity (Wildman–Crippen MR) is 67.7 cm³/mol. The average molecular weight is 235 g/mol. The van der Waals surface area contributed by atoms with E-state index in [0.29, 0.717) is 12.3 Å². The molecule has 1 rings (SSSR count). The Labute approximate surface area is 103 Å². The molecule has 1 heterocycles. The molecule has 17 heavy (non-hydrogen) atoms. The summed E-state index contributed by atoms with van der Waals surface area (Å²) in [6.07, 6.45) is 0.278. The quantitative estimate of drug-likeness (QED) is 0.764. The Bertz CT molecular complexity index is 402. The fourth-order valence-electron chi connectivity index (χ4n) is 1.64. The van der Waals surface area contributed by atoms with Gasteiger partial charge in [-0.2, -0.15) is 5.26 Å². The normalized spacial score (nSPS) is 10.8. The van der Waals surface area contributed by atoms with Crippen molar-refractivity contribution in [1.82, 2.24) is 9.88 Å². The summed E-state index contributed by atoms with van der Waals surface area (Å²) in [5.41, 5.74) is 3.02. The van der Waals surface area contributed by atoms with Crippen LogP contribution in [0.25, 0.3) is 0 Å². The van der Waals surface area contributed by atoms with Gasteiger partial charge in [-0.15, -0.1) is 0 Å². The Balaban J connectivity index is 2.40. The third-order valence-corrected chi connectivity index (χ3v) is 2.80. The van der Waals surface area contributed by atoms with Crippen molar-refractivity contribution in [2.45, 2.75) is 33.4 Å². The zero-order chi connectivity index (χ0) is 12.8. The van der Waals surface area contributed by atoms with Crippen LogP contribution in [0.2, 0.25) is 0 Å². The van der Waals surface area contributed by atoms with Crippen molar-refractivity contribution in [2.75, 3.05) is 13.2 Å². The Morgan fingerprint density at radius 2 is 2.24 bits per heavy atom. The van der Waals surface area contributed by atoms with E-state index in [1.807, 2.05) is 38.5 Å². The lowest BCUT2D eigenvalue weighted by molar-refractivity contribution is 0.0807. The molecule has 0 saturated carbocycles. The molecule has 0 atom stereocenters. The van der Waals surface area contributed by atoms with E-state index in [9.17, 15) is 0 Å². The van der Waals surface area contributed by atoms with Crippen molar-refractivity contribution >= 4 is 0 Å². The van der Waals surface area contributed by atoms with Gasteiger partial charge in [0.1, 0.15) is 11.8 Å². The van der Waals surface area contributed by atoms with Gasteiger partial charge in [-0.05, 0) is 32.4 Å². The van der Waals surface area contributed by atoms with E-state index < -0.39 is 0 Å². The van der Waals surface area contributed by atoms with Gasteiger partial charge in [0, 0.05) is 25.8 Å². The second-order valence-corrected chi connectivity index (χ2v) is 4.41. The van der Waals surface area contributed by atoms with Gasteiger partial charge in [0.25, 0.3) is 0 Å². The van der Waals surface area contributed by atoms with Crippen LogP contribution in [-0.4, -0.2) is 23.8 Å². The molecular formula is C13H21N3O. The molecule has 0 aromatic carbocycles. The van der Waals surface area contributed by atoms with Gasteiger partial charge in [0.2, 0.25) is 0 Å². The monoisotopic (exact) mass is 235 g/mol. The standard InChI is InChI=1S/C13H21N3O/c1-10(2)17-6-5-15-9-12-7-13(8-14)16(4)11(12)3/h7,10,15H,5-6,9H2,1-4H3. The topological polar surface area (TPSA) is 50.0 Å². The van der Waals surface area contributed by atoms with Crippen LogP contribution < -0.4 is 5.32 Å². The zero-order valence-electron chi connectivity index (χ0n) is 11.1. The Kier molecular flexibility index (Phi) is 5.20. The second kappa shape index (κ2) is 6.43. The number of nitriles is 1. The molecule has 1 N–H and O–H groups in total. The van der Waals surface area contributed by atoms with E-state index in [1.165, 1.54) is 5.56 Å². The Morgan fingerprint density at radius 3 is 2.76 bits per heavy atom. The summed E-state index contributed by atoms with van der Waals surface area (Å²) in [5, 5.41) is 12.2. The highest BCUT2D eigenvalue weighted by Crippen LogP contribution is 2.12. The first-order valence-corrected chi connectivity index (χ1v) is 5.94. The molecule has 0 aliphatic carbocycles. The smallest absolute Gasteiger partial charge is 0.120 e. The third kappa shape index (κ3) is 3.88. The Hall–Kier alpha value is -1.31. The molecule has 0 spiro atoms. The van der Waals surface area contributed by atoms with Gasteiger partial charge < -0.3 is 14.6 Å². The van der Waals surface area contributed by atoms with Gasteiger partial charge in [0.05, 0.1) is 12.7 Å². The van der Waals surface area contributed by atoms with Crippen LogP contribution >= 0.6 is 0 Å². The number of nitrogens with zero attached hydrogens (tertiary/aromatic N) is 2. The summed E-state index contributed by atoms with van der Waals surface area (Å²) in [7, 11) is 1.92. The average Bonchev–Trinajstić information content (AvgIpc) is 2.56. The van der Waals surface area contributed by atoms with E-state index in [4.69, 9.17) is 10.00 Å². The lowest BCUT2D eigenvalue weighted by Gasteiger charge is -2.08. The maximum atomic E-state index is 8.92. The van der Waals surface area contributed by atoms with E-state index in [0.717, 1.165) is 18.8 Å². The molecule has 1 aromatic rings. The van der Waals surface area contributed by atoms with Crippen LogP contribution in [-0.2, 0) is 18.3 Å². The lowest BCUT2D eigenvalue weighted by atomic mass is 10.2. The summed E-state index contributed by atoms with van der Waals surface area (Å²) in [5.74, 6) is 0. The summed E-state index contributed by atoms with van der Waals surface area (Å²) in [4.78, 5) is 0. The van der Waals surface area contributed by atoms with Gasteiger partial charge in [-0.3, -0.25) is 0 Å². The molecule has 94 valence electrons. The van der Waals surface area contributed by atoms with Gasteiger partial charge in [0.15, 0.2) is 0 Å². The lowest BCUT2D eigenvalue weighted by Crippen LogP contribution is -2.21. The van der Waals surface area contributed by atoms with Crippen molar-refractivity contribution in [2.24, 2.45) is 7.05 Å². The summed E-state index contributed by atoms with van der Waals surface area (Å²) >= 11 is 0. The molecule has 1 aromatic heterocycles. The number of aromatic nitrogens is 1. The number of ether oxygens (including phenoxy) is 1. The molecule has 4 heteroatoms. The van der Waals surface area contributed by atoms with Crippen LogP contribution in [0.4, 0.5) is 0 Å². The van der Waals surface area contributed by atoms with Crippen molar-refractivity contribution < 1.29 is 4.74 Å². The van der Waals surface area contributed by atoms with Gasteiger partial charge in [-0.25, -0.2) is 0 Å². The van der Waals surface area contributed by atoms with Crippen molar-refractivity contribution in [3.63, 3.8) is 0 Å². The SMILES string of the molecule is Cc1c(CNCCOC(C)C)cc(C#N)n1C. The van der Waals surface area contributed by atoms with Gasteiger partial charge >= 0.3 is 0 Å². The second-order valence-electron chi connectivity index (χ2n) is 4.41.